The van der Waals surface area contributed by atoms with Gasteiger partial charge in [0, 0.05) is 6.54 Å². The summed E-state index contributed by atoms with van der Waals surface area (Å²) in [5, 5.41) is 22.9. The Morgan fingerprint density at radius 3 is 2.15 bits per heavy atom. The number of likely N-dealkylation sites (tertiary alicyclic amines) is 1. The molecule has 1 aliphatic heterocycles. The predicted molar refractivity (Wildman–Crippen MR) is 113 cm³/mol. The van der Waals surface area contributed by atoms with E-state index in [9.17, 15) is 33.9 Å². The van der Waals surface area contributed by atoms with E-state index in [0.29, 0.717) is 25.8 Å². The fraction of sp³-hybridized carbons (Fsp3) is 0.684. The molecule has 0 aromatic heterocycles. The number of hydrogen-bond acceptors (Lipinski definition) is 8. The minimum atomic E-state index is -1.59. The maximum absolute atomic E-state index is 12.9. The Labute approximate surface area is 190 Å². The maximum atomic E-state index is 12.9. The first-order valence-electron chi connectivity index (χ1n) is 10.6. The molecule has 1 fully saturated rings. The number of amides is 4. The second-order valence-electron chi connectivity index (χ2n) is 7.81. The van der Waals surface area contributed by atoms with Crippen LogP contribution in [0.3, 0.4) is 0 Å². The van der Waals surface area contributed by atoms with Crippen molar-refractivity contribution in [1.82, 2.24) is 15.5 Å². The minimum Gasteiger partial charge on any atom is -0.481 e. The molecule has 1 saturated heterocycles. The molecule has 4 atom stereocenters. The summed E-state index contributed by atoms with van der Waals surface area (Å²) < 4.78 is 0. The number of hydrogen-bond donors (Lipinski definition) is 7. The van der Waals surface area contributed by atoms with Crippen LogP contribution in [-0.2, 0) is 28.8 Å². The zero-order valence-corrected chi connectivity index (χ0v) is 18.2. The summed E-state index contributed by atoms with van der Waals surface area (Å²) in [5.74, 6) is -6.24. The van der Waals surface area contributed by atoms with Crippen LogP contribution in [0.5, 0.6) is 0 Å². The van der Waals surface area contributed by atoms with Gasteiger partial charge in [-0.15, -0.1) is 0 Å². The van der Waals surface area contributed by atoms with Crippen molar-refractivity contribution in [3.8, 4) is 0 Å². The molecule has 0 aromatic carbocycles. The number of unbranched alkanes of at least 4 members (excludes halogenated alkanes) is 1. The average Bonchev–Trinajstić information content (AvgIpc) is 3.21. The highest BCUT2D eigenvalue weighted by molar-refractivity contribution is 5.97. The van der Waals surface area contributed by atoms with E-state index in [2.05, 4.69) is 10.6 Å². The Balaban J connectivity index is 2.95. The monoisotopic (exact) mass is 472 g/mol. The van der Waals surface area contributed by atoms with Crippen LogP contribution in [0.25, 0.3) is 0 Å². The molecule has 0 aromatic rings. The molecule has 4 unspecified atom stereocenters. The van der Waals surface area contributed by atoms with E-state index in [4.69, 9.17) is 22.3 Å². The molecule has 33 heavy (non-hydrogen) atoms. The van der Waals surface area contributed by atoms with Gasteiger partial charge in [0.25, 0.3) is 0 Å². The van der Waals surface area contributed by atoms with Crippen molar-refractivity contribution in [2.45, 2.75) is 69.1 Å². The van der Waals surface area contributed by atoms with Gasteiger partial charge < -0.3 is 42.9 Å². The third kappa shape index (κ3) is 9.02. The van der Waals surface area contributed by atoms with Gasteiger partial charge in [0.1, 0.15) is 18.1 Å². The zero-order chi connectivity index (χ0) is 25.1. The maximum Gasteiger partial charge on any atom is 0.326 e. The lowest BCUT2D eigenvalue weighted by atomic mass is 10.1. The van der Waals surface area contributed by atoms with Crippen molar-refractivity contribution in [3.63, 3.8) is 0 Å². The third-order valence-corrected chi connectivity index (χ3v) is 5.16. The van der Waals surface area contributed by atoms with Gasteiger partial charge >= 0.3 is 11.9 Å². The van der Waals surface area contributed by atoms with E-state index in [1.807, 2.05) is 0 Å². The van der Waals surface area contributed by atoms with E-state index >= 15 is 0 Å². The summed E-state index contributed by atoms with van der Waals surface area (Å²) in [6, 6.07) is -5.25. The topological polar surface area (TPSA) is 248 Å². The molecular formula is C19H32N6O8. The van der Waals surface area contributed by atoms with Gasteiger partial charge in [0.2, 0.25) is 23.6 Å². The van der Waals surface area contributed by atoms with Crippen LogP contribution in [0.15, 0.2) is 0 Å². The normalized spacial score (nSPS) is 18.1. The summed E-state index contributed by atoms with van der Waals surface area (Å²) in [7, 11) is 0. The molecular weight excluding hydrogens is 440 g/mol. The molecule has 1 rings (SSSR count). The summed E-state index contributed by atoms with van der Waals surface area (Å²) >= 11 is 0. The number of aliphatic carboxylic acids is 2. The number of nitrogens with zero attached hydrogens (tertiary/aromatic N) is 1. The summed E-state index contributed by atoms with van der Waals surface area (Å²) in [6.45, 7) is 0.515. The second-order valence-corrected chi connectivity index (χ2v) is 7.81. The van der Waals surface area contributed by atoms with Crippen molar-refractivity contribution in [1.29, 1.82) is 0 Å². The highest BCUT2D eigenvalue weighted by Gasteiger charge is 2.39. The van der Waals surface area contributed by atoms with Crippen molar-refractivity contribution in [3.05, 3.63) is 0 Å². The van der Waals surface area contributed by atoms with Gasteiger partial charge in [-0.05, 0) is 32.2 Å². The molecule has 4 amide bonds. The van der Waals surface area contributed by atoms with Gasteiger partial charge in [-0.3, -0.25) is 24.0 Å². The van der Waals surface area contributed by atoms with E-state index in [1.165, 1.54) is 0 Å². The van der Waals surface area contributed by atoms with Crippen LogP contribution in [-0.4, -0.2) is 87.9 Å². The third-order valence-electron chi connectivity index (χ3n) is 5.16. The number of carbonyl (C=O) groups is 6. The number of carboxylic acids is 2. The van der Waals surface area contributed by atoms with E-state index in [-0.39, 0.29) is 19.4 Å². The van der Waals surface area contributed by atoms with Crippen LogP contribution >= 0.6 is 0 Å². The number of rotatable bonds is 14. The molecule has 1 aliphatic rings. The number of carboxylic acid groups (broad SMARTS) is 2. The lowest BCUT2D eigenvalue weighted by Gasteiger charge is -2.28. The molecule has 10 N–H and O–H groups in total. The lowest BCUT2D eigenvalue weighted by Crippen LogP contribution is -2.58. The highest BCUT2D eigenvalue weighted by atomic mass is 16.4. The van der Waals surface area contributed by atoms with Crippen LogP contribution in [0, 0.1) is 0 Å². The number of nitrogens with one attached hydrogen (secondary N) is 2. The largest absolute Gasteiger partial charge is 0.481 e. The fourth-order valence-electron chi connectivity index (χ4n) is 3.46. The summed E-state index contributed by atoms with van der Waals surface area (Å²) in [6.07, 6.45) is 0.615. The number of nitrogens with two attached hydrogens (primary N) is 3. The lowest BCUT2D eigenvalue weighted by molar-refractivity contribution is -0.150. The average molecular weight is 472 g/mol. The quantitative estimate of drug-likeness (QED) is 0.125. The van der Waals surface area contributed by atoms with Crippen molar-refractivity contribution in [2.75, 3.05) is 13.1 Å². The van der Waals surface area contributed by atoms with Gasteiger partial charge in [-0.1, -0.05) is 6.42 Å². The molecule has 0 spiro atoms. The first kappa shape index (κ1) is 27.8. The standard InChI is InChI=1S/C19H32N6O8/c20-6-2-1-4-10(21)16(29)23-11(9-15(27)28)17(30)24-12(8-14(22)26)18(31)25-7-3-5-13(25)19(32)33/h10-13H,1-9,20-21H2,(H2,22,26)(H,23,29)(H,24,30)(H,27,28)(H,32,33). The number of primary amides is 1. The molecule has 14 nitrogen and oxygen atoms in total. The summed E-state index contributed by atoms with van der Waals surface area (Å²) in [4.78, 5) is 73.0. The molecule has 0 aliphatic carbocycles. The van der Waals surface area contributed by atoms with Gasteiger partial charge in [0.15, 0.2) is 0 Å². The van der Waals surface area contributed by atoms with Crippen LogP contribution < -0.4 is 27.8 Å². The Morgan fingerprint density at radius 2 is 1.61 bits per heavy atom. The van der Waals surface area contributed by atoms with Crippen LogP contribution in [0.1, 0.15) is 44.9 Å². The second kappa shape index (κ2) is 13.3. The van der Waals surface area contributed by atoms with E-state index in [0.717, 1.165) is 4.90 Å². The van der Waals surface area contributed by atoms with Crippen molar-refractivity contribution < 1.29 is 39.0 Å². The summed E-state index contributed by atoms with van der Waals surface area (Å²) in [5.41, 5.74) is 16.3. The molecule has 186 valence electrons. The Bertz CT molecular complexity index is 761. The first-order chi connectivity index (χ1) is 15.5. The van der Waals surface area contributed by atoms with Gasteiger partial charge in [0.05, 0.1) is 18.9 Å². The van der Waals surface area contributed by atoms with Crippen LogP contribution in [0.2, 0.25) is 0 Å². The smallest absolute Gasteiger partial charge is 0.326 e. The Kier molecular flexibility index (Phi) is 11.2. The molecule has 1 heterocycles. The van der Waals surface area contributed by atoms with Crippen molar-refractivity contribution >= 4 is 35.6 Å². The SMILES string of the molecule is NCCCCC(N)C(=O)NC(CC(=O)O)C(=O)NC(CC(N)=O)C(=O)N1CCCC1C(=O)O. The Hall–Kier alpha value is -3.26. The molecule has 0 saturated carbocycles. The predicted octanol–water partition coefficient (Wildman–Crippen LogP) is -3.16. The van der Waals surface area contributed by atoms with Gasteiger partial charge in [-0.2, -0.15) is 0 Å². The number of carbonyl (C=O) groups excluding carboxylic acids is 4. The fourth-order valence-corrected chi connectivity index (χ4v) is 3.46. The first-order valence-corrected chi connectivity index (χ1v) is 10.6. The van der Waals surface area contributed by atoms with E-state index < -0.39 is 72.6 Å². The van der Waals surface area contributed by atoms with Crippen molar-refractivity contribution in [2.24, 2.45) is 17.2 Å². The van der Waals surface area contributed by atoms with Gasteiger partial charge in [-0.25, -0.2) is 4.79 Å². The Morgan fingerprint density at radius 1 is 0.970 bits per heavy atom. The zero-order valence-electron chi connectivity index (χ0n) is 18.2. The van der Waals surface area contributed by atoms with E-state index in [1.54, 1.807) is 0 Å². The highest BCUT2D eigenvalue weighted by Crippen LogP contribution is 2.19. The molecule has 14 heteroatoms. The molecule has 0 bridgehead atoms. The molecule has 0 radical (unpaired) electrons. The van der Waals surface area contributed by atoms with Crippen LogP contribution in [0.4, 0.5) is 0 Å². The minimum absolute atomic E-state index is 0.105.